The summed E-state index contributed by atoms with van der Waals surface area (Å²) in [6.45, 7) is 3.85. The number of aromatic nitrogens is 1. The van der Waals surface area contributed by atoms with Gasteiger partial charge in [0.2, 0.25) is 5.91 Å². The molecule has 4 nitrogen and oxygen atoms in total. The lowest BCUT2D eigenvalue weighted by Crippen LogP contribution is -2.35. The van der Waals surface area contributed by atoms with Gasteiger partial charge in [0.05, 0.1) is 6.04 Å². The number of carbonyl (C=O) groups excluding carboxylic acids is 1. The summed E-state index contributed by atoms with van der Waals surface area (Å²) in [6.07, 6.45) is 0. The van der Waals surface area contributed by atoms with Gasteiger partial charge in [0.1, 0.15) is 11.0 Å². The highest BCUT2D eigenvalue weighted by atomic mass is 35.5. The molecule has 0 spiro atoms. The van der Waals surface area contributed by atoms with E-state index in [1.165, 1.54) is 0 Å². The smallest absolute Gasteiger partial charge is 0.242 e. The van der Waals surface area contributed by atoms with Crippen LogP contribution in [0, 0.1) is 6.92 Å². The summed E-state index contributed by atoms with van der Waals surface area (Å²) in [5, 5.41) is 5.75. The van der Waals surface area contributed by atoms with Crippen LogP contribution in [0.25, 0.3) is 0 Å². The Balaban J connectivity index is 0.00000200. The molecule has 0 saturated carbocycles. The van der Waals surface area contributed by atoms with Crippen LogP contribution in [0.2, 0.25) is 0 Å². The molecule has 1 amide bonds. The Hall–Kier alpha value is -1.14. The number of nitrogens with zero attached hydrogens (tertiary/aromatic N) is 1. The minimum atomic E-state index is -0.648. The van der Waals surface area contributed by atoms with Gasteiger partial charge in [-0.2, -0.15) is 0 Å². The number of benzene rings is 1. The largest absolute Gasteiger partial charge is 0.345 e. The van der Waals surface area contributed by atoms with E-state index in [4.69, 9.17) is 5.73 Å². The first kappa shape index (κ1) is 19.9. The third-order valence-electron chi connectivity index (χ3n) is 2.81. The first-order valence-corrected chi connectivity index (χ1v) is 6.99. The van der Waals surface area contributed by atoms with Crippen LogP contribution >= 0.6 is 36.2 Å². The molecule has 0 bridgehead atoms. The predicted molar refractivity (Wildman–Crippen MR) is 91.3 cm³/mol. The quantitative estimate of drug-likeness (QED) is 0.892. The second kappa shape index (κ2) is 9.00. The molecule has 0 saturated heterocycles. The van der Waals surface area contributed by atoms with Crippen LogP contribution < -0.4 is 11.1 Å². The summed E-state index contributed by atoms with van der Waals surface area (Å²) in [4.78, 5) is 16.4. The number of nitrogens with one attached hydrogen (secondary N) is 1. The zero-order valence-electron chi connectivity index (χ0n) is 11.8. The second-order valence-electron chi connectivity index (χ2n) is 4.45. The summed E-state index contributed by atoms with van der Waals surface area (Å²) in [7, 11) is 0. The molecule has 2 aromatic rings. The van der Waals surface area contributed by atoms with Crippen molar-refractivity contribution in [2.75, 3.05) is 0 Å². The lowest BCUT2D eigenvalue weighted by atomic mass is 10.1. The van der Waals surface area contributed by atoms with Crippen molar-refractivity contribution in [3.05, 3.63) is 52.0 Å². The molecule has 116 valence electrons. The SMILES string of the molecule is Cc1csc(C(C)NC(=O)C(N)c2ccccc2)n1.Cl.Cl. The van der Waals surface area contributed by atoms with Crippen molar-refractivity contribution < 1.29 is 4.79 Å². The number of thiazole rings is 1. The number of rotatable bonds is 4. The molecule has 0 aliphatic rings. The van der Waals surface area contributed by atoms with E-state index in [0.717, 1.165) is 16.3 Å². The highest BCUT2D eigenvalue weighted by molar-refractivity contribution is 7.09. The van der Waals surface area contributed by atoms with Gasteiger partial charge in [-0.15, -0.1) is 36.2 Å². The minimum absolute atomic E-state index is 0. The van der Waals surface area contributed by atoms with Gasteiger partial charge in [-0.25, -0.2) is 4.98 Å². The third-order valence-corrected chi connectivity index (χ3v) is 3.95. The Morgan fingerprint density at radius 3 is 2.43 bits per heavy atom. The predicted octanol–water partition coefficient (Wildman–Crippen LogP) is 3.17. The van der Waals surface area contributed by atoms with E-state index in [9.17, 15) is 4.79 Å². The molecule has 2 atom stereocenters. The molecule has 1 heterocycles. The van der Waals surface area contributed by atoms with Gasteiger partial charge >= 0.3 is 0 Å². The van der Waals surface area contributed by atoms with Gasteiger partial charge in [0, 0.05) is 11.1 Å². The van der Waals surface area contributed by atoms with Crippen LogP contribution in [-0.4, -0.2) is 10.9 Å². The van der Waals surface area contributed by atoms with Gasteiger partial charge in [-0.05, 0) is 19.4 Å². The number of nitrogens with two attached hydrogens (primary N) is 1. The van der Waals surface area contributed by atoms with E-state index in [1.807, 2.05) is 49.6 Å². The summed E-state index contributed by atoms with van der Waals surface area (Å²) >= 11 is 1.54. The van der Waals surface area contributed by atoms with Crippen molar-refractivity contribution in [2.24, 2.45) is 5.73 Å². The first-order valence-electron chi connectivity index (χ1n) is 6.11. The van der Waals surface area contributed by atoms with E-state index in [0.29, 0.717) is 0 Å². The van der Waals surface area contributed by atoms with Crippen LogP contribution in [0.4, 0.5) is 0 Å². The average molecular weight is 348 g/mol. The molecule has 2 rings (SSSR count). The maximum absolute atomic E-state index is 12.1. The van der Waals surface area contributed by atoms with Crippen LogP contribution in [0.1, 0.15) is 35.3 Å². The molecule has 3 N–H and O–H groups in total. The molecule has 0 aliphatic heterocycles. The summed E-state index contributed by atoms with van der Waals surface area (Å²) in [5.74, 6) is -0.188. The third kappa shape index (κ3) is 5.28. The maximum Gasteiger partial charge on any atom is 0.242 e. The van der Waals surface area contributed by atoms with Gasteiger partial charge in [0.15, 0.2) is 0 Å². The van der Waals surface area contributed by atoms with Gasteiger partial charge in [0.25, 0.3) is 0 Å². The average Bonchev–Trinajstić information content (AvgIpc) is 2.85. The number of hydrogen-bond acceptors (Lipinski definition) is 4. The molecule has 0 radical (unpaired) electrons. The number of halogens is 2. The van der Waals surface area contributed by atoms with Gasteiger partial charge in [-0.3, -0.25) is 4.79 Å². The summed E-state index contributed by atoms with van der Waals surface area (Å²) in [6, 6.07) is 8.57. The normalized spacial score (nSPS) is 12.5. The fourth-order valence-electron chi connectivity index (χ4n) is 1.75. The van der Waals surface area contributed by atoms with Crippen molar-refractivity contribution in [1.82, 2.24) is 10.3 Å². The van der Waals surface area contributed by atoms with Crippen molar-refractivity contribution >= 4 is 42.1 Å². The summed E-state index contributed by atoms with van der Waals surface area (Å²) < 4.78 is 0. The molecule has 0 aliphatic carbocycles. The van der Waals surface area contributed by atoms with Crippen LogP contribution in [0.15, 0.2) is 35.7 Å². The van der Waals surface area contributed by atoms with E-state index in [2.05, 4.69) is 10.3 Å². The van der Waals surface area contributed by atoms with E-state index >= 15 is 0 Å². The zero-order chi connectivity index (χ0) is 13.8. The Morgan fingerprint density at radius 2 is 1.90 bits per heavy atom. The molecule has 2 unspecified atom stereocenters. The summed E-state index contributed by atoms with van der Waals surface area (Å²) in [5.41, 5.74) is 7.72. The van der Waals surface area contributed by atoms with Crippen molar-refractivity contribution in [3.8, 4) is 0 Å². The Kier molecular flexibility index (Phi) is 8.51. The molecule has 7 heteroatoms. The van der Waals surface area contributed by atoms with E-state index in [1.54, 1.807) is 11.3 Å². The van der Waals surface area contributed by atoms with Crippen LogP contribution in [0.3, 0.4) is 0 Å². The highest BCUT2D eigenvalue weighted by Crippen LogP contribution is 2.18. The van der Waals surface area contributed by atoms with Gasteiger partial charge < -0.3 is 11.1 Å². The monoisotopic (exact) mass is 347 g/mol. The number of aryl methyl sites for hydroxylation is 1. The first-order chi connectivity index (χ1) is 9.08. The molecule has 1 aromatic heterocycles. The molecular weight excluding hydrogens is 329 g/mol. The minimum Gasteiger partial charge on any atom is -0.345 e. The topological polar surface area (TPSA) is 68.0 Å². The molecular formula is C14H19Cl2N3OS. The lowest BCUT2D eigenvalue weighted by Gasteiger charge is -2.16. The molecule has 21 heavy (non-hydrogen) atoms. The number of hydrogen-bond donors (Lipinski definition) is 2. The van der Waals surface area contributed by atoms with Crippen molar-refractivity contribution in [1.29, 1.82) is 0 Å². The number of amides is 1. The lowest BCUT2D eigenvalue weighted by molar-refractivity contribution is -0.123. The highest BCUT2D eigenvalue weighted by Gasteiger charge is 2.19. The van der Waals surface area contributed by atoms with Crippen LogP contribution in [0.5, 0.6) is 0 Å². The van der Waals surface area contributed by atoms with Crippen molar-refractivity contribution in [3.63, 3.8) is 0 Å². The van der Waals surface area contributed by atoms with Gasteiger partial charge in [-0.1, -0.05) is 30.3 Å². The fraction of sp³-hybridized carbons (Fsp3) is 0.286. The standard InChI is InChI=1S/C14H17N3OS.2ClH/c1-9-8-19-14(16-9)10(2)17-13(18)12(15)11-6-4-3-5-7-11;;/h3-8,10,12H,15H2,1-2H3,(H,17,18);2*1H. The second-order valence-corrected chi connectivity index (χ2v) is 5.34. The molecule has 0 fully saturated rings. The van der Waals surface area contributed by atoms with Crippen molar-refractivity contribution in [2.45, 2.75) is 25.9 Å². The van der Waals surface area contributed by atoms with E-state index < -0.39 is 6.04 Å². The zero-order valence-corrected chi connectivity index (χ0v) is 14.2. The Morgan fingerprint density at radius 1 is 1.29 bits per heavy atom. The van der Waals surface area contributed by atoms with Crippen LogP contribution in [-0.2, 0) is 4.79 Å². The van der Waals surface area contributed by atoms with E-state index in [-0.39, 0.29) is 36.8 Å². The maximum atomic E-state index is 12.1. The number of carbonyl (C=O) groups is 1. The Labute approximate surface area is 141 Å². The molecule has 1 aromatic carbocycles. The fourth-order valence-corrected chi connectivity index (χ4v) is 2.55. The Bertz CT molecular complexity index is 562.